The summed E-state index contributed by atoms with van der Waals surface area (Å²) in [5, 5.41) is 14.5. The largest absolute Gasteiger partial charge is 0.479 e. The number of amides is 2. The summed E-state index contributed by atoms with van der Waals surface area (Å²) in [6.45, 7) is 7.11. The van der Waals surface area contributed by atoms with Crippen LogP contribution in [0.25, 0.3) is 0 Å². The maximum atomic E-state index is 12.0. The summed E-state index contributed by atoms with van der Waals surface area (Å²) in [6, 6.07) is -0.667. The van der Waals surface area contributed by atoms with Gasteiger partial charge < -0.3 is 25.2 Å². The fraction of sp³-hybridized carbons (Fsp3) is 0.846. The Morgan fingerprint density at radius 3 is 2.60 bits per heavy atom. The highest BCUT2D eigenvalue weighted by molar-refractivity contribution is 5.86. The Labute approximate surface area is 119 Å². The number of urea groups is 1. The maximum absolute atomic E-state index is 12.0. The lowest BCUT2D eigenvalue weighted by atomic mass is 9.99. The molecule has 0 aromatic rings. The predicted molar refractivity (Wildman–Crippen MR) is 72.6 cm³/mol. The van der Waals surface area contributed by atoms with Crippen molar-refractivity contribution in [3.8, 4) is 0 Å². The zero-order chi connectivity index (χ0) is 15.2. The van der Waals surface area contributed by atoms with Crippen LogP contribution in [0.4, 0.5) is 4.79 Å². The summed E-state index contributed by atoms with van der Waals surface area (Å²) < 4.78 is 10.4. The van der Waals surface area contributed by atoms with Crippen molar-refractivity contribution < 1.29 is 24.2 Å². The molecule has 2 atom stereocenters. The summed E-state index contributed by atoms with van der Waals surface area (Å²) in [6.07, 6.45) is 0.271. The van der Waals surface area contributed by atoms with Gasteiger partial charge in [0.05, 0.1) is 19.3 Å². The number of carboxylic acids is 1. The van der Waals surface area contributed by atoms with Gasteiger partial charge in [-0.05, 0) is 12.8 Å². The van der Waals surface area contributed by atoms with Crippen LogP contribution in [0.5, 0.6) is 0 Å². The lowest BCUT2D eigenvalue weighted by Gasteiger charge is -2.27. The lowest BCUT2D eigenvalue weighted by Crippen LogP contribution is -2.59. The molecule has 0 radical (unpaired) electrons. The zero-order valence-corrected chi connectivity index (χ0v) is 12.3. The van der Waals surface area contributed by atoms with E-state index in [1.165, 1.54) is 0 Å². The molecule has 2 amide bonds. The number of hydrogen-bond donors (Lipinski definition) is 3. The second kappa shape index (κ2) is 7.44. The van der Waals surface area contributed by atoms with E-state index in [4.69, 9.17) is 9.47 Å². The average molecular weight is 288 g/mol. The van der Waals surface area contributed by atoms with Crippen LogP contribution in [0.15, 0.2) is 0 Å². The molecule has 20 heavy (non-hydrogen) atoms. The number of ether oxygens (including phenoxy) is 2. The Hall–Kier alpha value is -1.34. The maximum Gasteiger partial charge on any atom is 0.332 e. The molecule has 1 saturated heterocycles. The molecular weight excluding hydrogens is 264 g/mol. The molecule has 0 spiro atoms. The first-order valence-corrected chi connectivity index (χ1v) is 6.89. The van der Waals surface area contributed by atoms with Gasteiger partial charge in [0.15, 0.2) is 5.54 Å². The van der Waals surface area contributed by atoms with Crippen molar-refractivity contribution in [3.63, 3.8) is 0 Å². The minimum Gasteiger partial charge on any atom is -0.479 e. The van der Waals surface area contributed by atoms with E-state index in [1.54, 1.807) is 0 Å². The highest BCUT2D eigenvalue weighted by atomic mass is 16.5. The van der Waals surface area contributed by atoms with Gasteiger partial charge in [0.2, 0.25) is 0 Å². The van der Waals surface area contributed by atoms with Crippen LogP contribution in [0.1, 0.15) is 27.2 Å². The highest BCUT2D eigenvalue weighted by Gasteiger charge is 2.44. The van der Waals surface area contributed by atoms with E-state index >= 15 is 0 Å². The molecule has 1 aliphatic rings. The quantitative estimate of drug-likeness (QED) is 0.637. The van der Waals surface area contributed by atoms with Crippen molar-refractivity contribution in [1.29, 1.82) is 0 Å². The Kier molecular flexibility index (Phi) is 6.22. The molecule has 116 valence electrons. The van der Waals surface area contributed by atoms with Gasteiger partial charge in [-0.3, -0.25) is 0 Å². The van der Waals surface area contributed by atoms with Crippen LogP contribution in [0.2, 0.25) is 0 Å². The van der Waals surface area contributed by atoms with Crippen molar-refractivity contribution >= 4 is 12.0 Å². The number of rotatable bonds is 7. The molecule has 1 rings (SSSR count). The van der Waals surface area contributed by atoms with Crippen LogP contribution in [-0.2, 0) is 14.3 Å². The van der Waals surface area contributed by atoms with E-state index in [2.05, 4.69) is 10.6 Å². The van der Waals surface area contributed by atoms with Crippen LogP contribution < -0.4 is 10.6 Å². The fourth-order valence-corrected chi connectivity index (χ4v) is 1.95. The van der Waals surface area contributed by atoms with Gasteiger partial charge in [0.25, 0.3) is 0 Å². The van der Waals surface area contributed by atoms with Gasteiger partial charge in [-0.1, -0.05) is 13.8 Å². The predicted octanol–water partition coefficient (Wildman–Crippen LogP) is 0.590. The molecule has 0 saturated carbocycles. The number of carbonyl (C=O) groups is 2. The molecule has 0 aromatic carbocycles. The van der Waals surface area contributed by atoms with Gasteiger partial charge >= 0.3 is 12.0 Å². The highest BCUT2D eigenvalue weighted by Crippen LogP contribution is 2.18. The van der Waals surface area contributed by atoms with E-state index in [0.717, 1.165) is 0 Å². The number of hydrogen-bond acceptors (Lipinski definition) is 4. The first kappa shape index (κ1) is 16.7. The van der Waals surface area contributed by atoms with Gasteiger partial charge in [0, 0.05) is 19.6 Å². The molecule has 0 aliphatic carbocycles. The molecule has 0 aromatic heterocycles. The van der Waals surface area contributed by atoms with E-state index in [0.29, 0.717) is 19.8 Å². The van der Waals surface area contributed by atoms with E-state index in [-0.39, 0.29) is 25.0 Å². The van der Waals surface area contributed by atoms with Gasteiger partial charge in [-0.25, -0.2) is 9.59 Å². The molecule has 1 aliphatic heterocycles. The fourth-order valence-electron chi connectivity index (χ4n) is 1.95. The Bertz CT molecular complexity index is 340. The first-order chi connectivity index (χ1) is 9.41. The summed E-state index contributed by atoms with van der Waals surface area (Å²) in [7, 11) is 0. The molecule has 1 fully saturated rings. The molecule has 0 bridgehead atoms. The van der Waals surface area contributed by atoms with Crippen molar-refractivity contribution in [2.45, 2.75) is 38.8 Å². The third-order valence-corrected chi connectivity index (χ3v) is 3.41. The molecule has 1 heterocycles. The standard InChI is InChI=1S/C13H24N2O5/c1-4-19-7-10(9(2)3)14-12(18)15-13(11(16)17)5-6-20-8-13/h9-10H,4-8H2,1-3H3,(H,16,17)(H2,14,15,18). The normalized spacial score (nSPS) is 23.6. The van der Waals surface area contributed by atoms with Crippen LogP contribution in [-0.4, -0.2) is 55.1 Å². The average Bonchev–Trinajstić information content (AvgIpc) is 2.83. The van der Waals surface area contributed by atoms with Crippen molar-refractivity contribution in [2.75, 3.05) is 26.4 Å². The van der Waals surface area contributed by atoms with E-state index in [9.17, 15) is 14.7 Å². The van der Waals surface area contributed by atoms with Gasteiger partial charge in [-0.15, -0.1) is 0 Å². The smallest absolute Gasteiger partial charge is 0.332 e. The molecule has 3 N–H and O–H groups in total. The van der Waals surface area contributed by atoms with Gasteiger partial charge in [0.1, 0.15) is 0 Å². The minimum atomic E-state index is -1.32. The summed E-state index contributed by atoms with van der Waals surface area (Å²) >= 11 is 0. The van der Waals surface area contributed by atoms with Crippen LogP contribution in [0, 0.1) is 5.92 Å². The molecule has 2 unspecified atom stereocenters. The Morgan fingerprint density at radius 1 is 1.45 bits per heavy atom. The monoisotopic (exact) mass is 288 g/mol. The van der Waals surface area contributed by atoms with Crippen LogP contribution >= 0.6 is 0 Å². The number of carboxylic acid groups (broad SMARTS) is 1. The second-order valence-electron chi connectivity index (χ2n) is 5.30. The van der Waals surface area contributed by atoms with Gasteiger partial charge in [-0.2, -0.15) is 0 Å². The second-order valence-corrected chi connectivity index (χ2v) is 5.30. The van der Waals surface area contributed by atoms with Crippen molar-refractivity contribution in [2.24, 2.45) is 5.92 Å². The van der Waals surface area contributed by atoms with Crippen molar-refractivity contribution in [3.05, 3.63) is 0 Å². The molecule has 7 nitrogen and oxygen atoms in total. The Morgan fingerprint density at radius 2 is 2.15 bits per heavy atom. The third-order valence-electron chi connectivity index (χ3n) is 3.41. The Balaban J connectivity index is 2.58. The zero-order valence-electron chi connectivity index (χ0n) is 12.3. The number of carbonyl (C=O) groups excluding carboxylic acids is 1. The summed E-state index contributed by atoms with van der Waals surface area (Å²) in [4.78, 5) is 23.3. The first-order valence-electron chi connectivity index (χ1n) is 6.89. The SMILES string of the molecule is CCOCC(NC(=O)NC1(C(=O)O)CCOC1)C(C)C. The summed E-state index contributed by atoms with van der Waals surface area (Å²) in [5.74, 6) is -0.885. The van der Waals surface area contributed by atoms with E-state index < -0.39 is 17.5 Å². The summed E-state index contributed by atoms with van der Waals surface area (Å²) in [5.41, 5.74) is -1.32. The topological polar surface area (TPSA) is 96.9 Å². The van der Waals surface area contributed by atoms with E-state index in [1.807, 2.05) is 20.8 Å². The molecule has 7 heteroatoms. The third kappa shape index (κ3) is 4.35. The van der Waals surface area contributed by atoms with Crippen molar-refractivity contribution in [1.82, 2.24) is 10.6 Å². The number of nitrogens with one attached hydrogen (secondary N) is 2. The minimum absolute atomic E-state index is 0.00639. The number of aliphatic carboxylic acids is 1. The lowest BCUT2D eigenvalue weighted by molar-refractivity contribution is -0.144. The van der Waals surface area contributed by atoms with Crippen LogP contribution in [0.3, 0.4) is 0 Å². The molecular formula is C13H24N2O5.